The van der Waals surface area contributed by atoms with E-state index in [1.165, 1.54) is 30.5 Å². The molecule has 4 nitrogen and oxygen atoms in total. The molecule has 0 amide bonds. The summed E-state index contributed by atoms with van der Waals surface area (Å²) in [4.78, 5) is 26.9. The lowest BCUT2D eigenvalue weighted by atomic mass is 10.0. The lowest BCUT2D eigenvalue weighted by molar-refractivity contribution is 0.102. The molecule has 1 N–H and O–H groups in total. The van der Waals surface area contributed by atoms with Gasteiger partial charge in [0.15, 0.2) is 6.29 Å². The minimum Gasteiger partial charge on any atom is -0.507 e. The monoisotopic (exact) mass is 261 g/mol. The molecule has 5 heteroatoms. The molecule has 0 aliphatic rings. The van der Waals surface area contributed by atoms with Crippen LogP contribution in [0, 0.1) is 0 Å². The van der Waals surface area contributed by atoms with Gasteiger partial charge in [0.25, 0.3) is 0 Å². The SMILES string of the molecule is O=Cc1cccnc1C(=O)c1cc(Cl)ccc1O. The molecule has 0 saturated heterocycles. The van der Waals surface area contributed by atoms with Crippen molar-refractivity contribution in [3.8, 4) is 5.75 Å². The van der Waals surface area contributed by atoms with Gasteiger partial charge < -0.3 is 5.11 Å². The number of aromatic nitrogens is 1. The predicted octanol–water partition coefficient (Wildman–Crippen LogP) is 2.48. The van der Waals surface area contributed by atoms with Crippen molar-refractivity contribution in [2.24, 2.45) is 0 Å². The minimum atomic E-state index is -0.544. The quantitative estimate of drug-likeness (QED) is 0.681. The van der Waals surface area contributed by atoms with E-state index in [0.29, 0.717) is 11.3 Å². The molecule has 0 atom stereocenters. The van der Waals surface area contributed by atoms with E-state index in [2.05, 4.69) is 4.98 Å². The van der Waals surface area contributed by atoms with Crippen molar-refractivity contribution in [3.63, 3.8) is 0 Å². The molecule has 2 rings (SSSR count). The van der Waals surface area contributed by atoms with Gasteiger partial charge in [-0.3, -0.25) is 14.6 Å². The number of hydrogen-bond acceptors (Lipinski definition) is 4. The van der Waals surface area contributed by atoms with Crippen LogP contribution in [0.3, 0.4) is 0 Å². The zero-order valence-corrected chi connectivity index (χ0v) is 9.89. The van der Waals surface area contributed by atoms with Crippen molar-refractivity contribution >= 4 is 23.7 Å². The topological polar surface area (TPSA) is 67.3 Å². The third-order valence-electron chi connectivity index (χ3n) is 2.38. The maximum atomic E-state index is 12.2. The number of aldehydes is 1. The highest BCUT2D eigenvalue weighted by atomic mass is 35.5. The molecule has 1 aromatic carbocycles. The summed E-state index contributed by atoms with van der Waals surface area (Å²) >= 11 is 5.77. The largest absolute Gasteiger partial charge is 0.507 e. The molecule has 18 heavy (non-hydrogen) atoms. The molecular formula is C13H8ClNO3. The number of carbonyl (C=O) groups is 2. The van der Waals surface area contributed by atoms with Gasteiger partial charge in [-0.25, -0.2) is 0 Å². The molecule has 0 aliphatic heterocycles. The number of rotatable bonds is 3. The summed E-state index contributed by atoms with van der Waals surface area (Å²) in [7, 11) is 0. The molecule has 0 saturated carbocycles. The van der Waals surface area contributed by atoms with Crippen LogP contribution in [-0.4, -0.2) is 22.2 Å². The van der Waals surface area contributed by atoms with Crippen LogP contribution < -0.4 is 0 Å². The van der Waals surface area contributed by atoms with Gasteiger partial charge in [0.1, 0.15) is 11.4 Å². The zero-order chi connectivity index (χ0) is 13.1. The van der Waals surface area contributed by atoms with E-state index in [9.17, 15) is 14.7 Å². The third kappa shape index (κ3) is 2.24. The molecule has 1 aromatic heterocycles. The van der Waals surface area contributed by atoms with Gasteiger partial charge in [0.05, 0.1) is 5.56 Å². The summed E-state index contributed by atoms with van der Waals surface area (Å²) in [6, 6.07) is 7.15. The molecule has 1 heterocycles. The van der Waals surface area contributed by atoms with E-state index < -0.39 is 5.78 Å². The zero-order valence-electron chi connectivity index (χ0n) is 9.13. The van der Waals surface area contributed by atoms with E-state index in [0.717, 1.165) is 0 Å². The molecule has 0 unspecified atom stereocenters. The van der Waals surface area contributed by atoms with E-state index in [-0.39, 0.29) is 22.6 Å². The Labute approximate surface area is 108 Å². The number of nitrogens with zero attached hydrogens (tertiary/aromatic N) is 1. The fourth-order valence-electron chi connectivity index (χ4n) is 1.52. The average molecular weight is 262 g/mol. The number of ketones is 1. The fraction of sp³-hybridized carbons (Fsp3) is 0. The molecule has 0 aliphatic carbocycles. The highest BCUT2D eigenvalue weighted by Crippen LogP contribution is 2.24. The Bertz CT molecular complexity index is 625. The Morgan fingerprint density at radius 1 is 1.33 bits per heavy atom. The highest BCUT2D eigenvalue weighted by Gasteiger charge is 2.18. The van der Waals surface area contributed by atoms with Crippen LogP contribution in [-0.2, 0) is 0 Å². The first-order valence-electron chi connectivity index (χ1n) is 5.07. The number of carbonyl (C=O) groups excluding carboxylic acids is 2. The molecule has 0 spiro atoms. The van der Waals surface area contributed by atoms with Crippen molar-refractivity contribution in [3.05, 3.63) is 58.4 Å². The van der Waals surface area contributed by atoms with Crippen LogP contribution in [0.2, 0.25) is 5.02 Å². The van der Waals surface area contributed by atoms with Crippen LogP contribution in [0.5, 0.6) is 5.75 Å². The molecule has 0 bridgehead atoms. The molecular weight excluding hydrogens is 254 g/mol. The summed E-state index contributed by atoms with van der Waals surface area (Å²) in [6.07, 6.45) is 1.95. The predicted molar refractivity (Wildman–Crippen MR) is 66.2 cm³/mol. The number of phenolic OH excluding ortho intramolecular Hbond substituents is 1. The van der Waals surface area contributed by atoms with Gasteiger partial charge in [0.2, 0.25) is 5.78 Å². The van der Waals surface area contributed by atoms with Gasteiger partial charge in [-0.1, -0.05) is 11.6 Å². The number of hydrogen-bond donors (Lipinski definition) is 1. The highest BCUT2D eigenvalue weighted by molar-refractivity contribution is 6.31. The van der Waals surface area contributed by atoms with Gasteiger partial charge in [-0.05, 0) is 30.3 Å². The number of benzene rings is 1. The van der Waals surface area contributed by atoms with Crippen molar-refractivity contribution in [1.29, 1.82) is 0 Å². The van der Waals surface area contributed by atoms with Gasteiger partial charge in [0, 0.05) is 16.8 Å². The number of aromatic hydroxyl groups is 1. The van der Waals surface area contributed by atoms with Crippen molar-refractivity contribution in [1.82, 2.24) is 4.98 Å². The first-order valence-corrected chi connectivity index (χ1v) is 5.44. The van der Waals surface area contributed by atoms with Crippen LogP contribution in [0.4, 0.5) is 0 Å². The fourth-order valence-corrected chi connectivity index (χ4v) is 1.69. The van der Waals surface area contributed by atoms with Crippen LogP contribution in [0.25, 0.3) is 0 Å². The van der Waals surface area contributed by atoms with Crippen molar-refractivity contribution in [2.75, 3.05) is 0 Å². The Hall–Kier alpha value is -2.20. The van der Waals surface area contributed by atoms with E-state index in [1.54, 1.807) is 6.07 Å². The van der Waals surface area contributed by atoms with Gasteiger partial charge >= 0.3 is 0 Å². The summed E-state index contributed by atoms with van der Waals surface area (Å²) in [6.45, 7) is 0. The Balaban J connectivity index is 2.54. The number of halogens is 1. The van der Waals surface area contributed by atoms with Crippen LogP contribution in [0.15, 0.2) is 36.5 Å². The average Bonchev–Trinajstić information content (AvgIpc) is 2.40. The normalized spacial score (nSPS) is 10.1. The van der Waals surface area contributed by atoms with Crippen molar-refractivity contribution < 1.29 is 14.7 Å². The van der Waals surface area contributed by atoms with E-state index in [4.69, 9.17) is 11.6 Å². The summed E-state index contributed by atoms with van der Waals surface area (Å²) in [5, 5.41) is 9.95. The van der Waals surface area contributed by atoms with Gasteiger partial charge in [-0.15, -0.1) is 0 Å². The van der Waals surface area contributed by atoms with Crippen LogP contribution >= 0.6 is 11.6 Å². The summed E-state index contributed by atoms with van der Waals surface area (Å²) in [5.74, 6) is -0.746. The second-order valence-corrected chi connectivity index (χ2v) is 3.99. The first-order chi connectivity index (χ1) is 8.63. The molecule has 90 valence electrons. The lowest BCUT2D eigenvalue weighted by Crippen LogP contribution is -2.08. The Morgan fingerprint density at radius 3 is 2.83 bits per heavy atom. The maximum Gasteiger partial charge on any atom is 0.215 e. The Morgan fingerprint density at radius 2 is 2.11 bits per heavy atom. The number of phenols is 1. The van der Waals surface area contributed by atoms with Crippen LogP contribution in [0.1, 0.15) is 26.4 Å². The van der Waals surface area contributed by atoms with E-state index in [1.807, 2.05) is 0 Å². The second kappa shape index (κ2) is 4.98. The molecule has 0 radical (unpaired) electrons. The number of pyridine rings is 1. The third-order valence-corrected chi connectivity index (χ3v) is 2.62. The van der Waals surface area contributed by atoms with E-state index >= 15 is 0 Å². The summed E-state index contributed by atoms with van der Waals surface area (Å²) in [5.41, 5.74) is 0.177. The molecule has 0 fully saturated rings. The Kier molecular flexibility index (Phi) is 3.39. The second-order valence-electron chi connectivity index (χ2n) is 3.55. The van der Waals surface area contributed by atoms with Crippen molar-refractivity contribution in [2.45, 2.75) is 0 Å². The maximum absolute atomic E-state index is 12.2. The van der Waals surface area contributed by atoms with Gasteiger partial charge in [-0.2, -0.15) is 0 Å². The standard InChI is InChI=1S/C13H8ClNO3/c14-9-3-4-11(17)10(6-9)13(18)12-8(7-16)2-1-5-15-12/h1-7,17H. The molecule has 2 aromatic rings. The smallest absolute Gasteiger partial charge is 0.215 e. The minimum absolute atomic E-state index is 0.00920. The first kappa shape index (κ1) is 12.3. The lowest BCUT2D eigenvalue weighted by Gasteiger charge is -2.05. The summed E-state index contributed by atoms with van der Waals surface area (Å²) < 4.78 is 0.